The molecule has 0 atom stereocenters. The molecule has 1 aromatic rings. The fourth-order valence-electron chi connectivity index (χ4n) is 0.973. The summed E-state index contributed by atoms with van der Waals surface area (Å²) in [4.78, 5) is 11.2. The Morgan fingerprint density at radius 3 is 2.67 bits per heavy atom. The lowest BCUT2D eigenvalue weighted by Crippen LogP contribution is -2.30. The molecule has 84 valence electrons. The summed E-state index contributed by atoms with van der Waals surface area (Å²) in [7, 11) is 0. The zero-order valence-corrected chi connectivity index (χ0v) is 7.60. The van der Waals surface area contributed by atoms with E-state index < -0.39 is 23.2 Å². The second-order valence-corrected chi connectivity index (χ2v) is 2.74. The Kier molecular flexibility index (Phi) is 3.35. The van der Waals surface area contributed by atoms with Crippen LogP contribution in [-0.4, -0.2) is 19.0 Å². The van der Waals surface area contributed by atoms with Gasteiger partial charge in [0.25, 0.3) is 5.91 Å². The number of amides is 1. The average Bonchev–Trinajstić information content (AvgIpc) is 2.61. The van der Waals surface area contributed by atoms with E-state index in [-0.39, 0.29) is 13.1 Å². The normalized spacial score (nSPS) is 11.5. The van der Waals surface area contributed by atoms with Crippen molar-refractivity contribution in [3.05, 3.63) is 23.7 Å². The Balaban J connectivity index is 2.86. The maximum atomic E-state index is 12.3. The van der Waals surface area contributed by atoms with Gasteiger partial charge in [-0.3, -0.25) is 4.79 Å². The molecule has 15 heavy (non-hydrogen) atoms. The lowest BCUT2D eigenvalue weighted by Gasteiger charge is -2.06. The Hall–Kier alpha value is -1.50. The highest BCUT2D eigenvalue weighted by molar-refractivity contribution is 5.95. The van der Waals surface area contributed by atoms with Crippen LogP contribution in [0.5, 0.6) is 0 Å². The van der Waals surface area contributed by atoms with E-state index >= 15 is 0 Å². The number of nitrogens with two attached hydrogens (primary N) is 1. The molecule has 0 aliphatic heterocycles. The number of alkyl halides is 3. The molecule has 0 aliphatic carbocycles. The molecule has 1 heterocycles. The number of nitrogens with one attached hydrogen (secondary N) is 1. The molecular formula is C8H9F3N2O2. The van der Waals surface area contributed by atoms with E-state index in [1.54, 1.807) is 0 Å². The fraction of sp³-hybridized carbons (Fsp3) is 0.375. The second kappa shape index (κ2) is 4.35. The van der Waals surface area contributed by atoms with E-state index in [2.05, 4.69) is 9.73 Å². The van der Waals surface area contributed by atoms with Crippen LogP contribution in [0.1, 0.15) is 15.9 Å². The number of hydrogen-bond donors (Lipinski definition) is 2. The van der Waals surface area contributed by atoms with Crippen molar-refractivity contribution < 1.29 is 22.4 Å². The van der Waals surface area contributed by atoms with Crippen LogP contribution in [0.2, 0.25) is 0 Å². The molecule has 1 amide bonds. The van der Waals surface area contributed by atoms with Gasteiger partial charge >= 0.3 is 6.18 Å². The molecule has 0 saturated carbocycles. The van der Waals surface area contributed by atoms with Crippen LogP contribution in [0.15, 0.2) is 16.9 Å². The molecule has 0 radical (unpaired) electrons. The Morgan fingerprint density at radius 1 is 1.47 bits per heavy atom. The average molecular weight is 222 g/mol. The van der Waals surface area contributed by atoms with Crippen molar-refractivity contribution in [2.24, 2.45) is 5.73 Å². The van der Waals surface area contributed by atoms with Gasteiger partial charge in [-0.2, -0.15) is 13.2 Å². The number of carbonyl (C=O) groups excluding carboxylic acids is 1. The highest BCUT2D eigenvalue weighted by atomic mass is 19.4. The van der Waals surface area contributed by atoms with Crippen LogP contribution in [0.25, 0.3) is 0 Å². The zero-order valence-electron chi connectivity index (χ0n) is 7.60. The molecule has 3 N–H and O–H groups in total. The zero-order chi connectivity index (χ0) is 11.5. The van der Waals surface area contributed by atoms with Gasteiger partial charge in [-0.25, -0.2) is 0 Å². The Morgan fingerprint density at radius 2 is 2.13 bits per heavy atom. The van der Waals surface area contributed by atoms with Crippen molar-refractivity contribution in [1.82, 2.24) is 5.32 Å². The van der Waals surface area contributed by atoms with E-state index in [1.165, 1.54) is 0 Å². The summed E-state index contributed by atoms with van der Waals surface area (Å²) in [6, 6.07) is 0. The quantitative estimate of drug-likeness (QED) is 0.801. The Bertz CT molecular complexity index is 346. The second-order valence-electron chi connectivity index (χ2n) is 2.74. The van der Waals surface area contributed by atoms with E-state index in [1.807, 2.05) is 0 Å². The molecule has 0 spiro atoms. The number of halogens is 3. The van der Waals surface area contributed by atoms with E-state index in [0.717, 1.165) is 6.26 Å². The standard InChI is InChI=1S/C8H9F3N2O2/c9-8(10,11)6-4-15-3-5(6)7(14)13-2-1-12/h3-4H,1-2,12H2,(H,13,14). The predicted octanol–water partition coefficient (Wildman–Crippen LogP) is 0.987. The highest BCUT2D eigenvalue weighted by Crippen LogP contribution is 2.32. The first kappa shape index (κ1) is 11.6. The van der Waals surface area contributed by atoms with Crippen LogP contribution in [0, 0.1) is 0 Å². The van der Waals surface area contributed by atoms with Gasteiger partial charge in [-0.15, -0.1) is 0 Å². The Labute approximate surface area is 83.2 Å². The van der Waals surface area contributed by atoms with Crippen LogP contribution in [-0.2, 0) is 6.18 Å². The van der Waals surface area contributed by atoms with Gasteiger partial charge in [0.2, 0.25) is 0 Å². The van der Waals surface area contributed by atoms with E-state index in [4.69, 9.17) is 5.73 Å². The van der Waals surface area contributed by atoms with Gasteiger partial charge < -0.3 is 15.5 Å². The monoisotopic (exact) mass is 222 g/mol. The molecule has 0 unspecified atom stereocenters. The molecule has 0 bridgehead atoms. The summed E-state index contributed by atoms with van der Waals surface area (Å²) in [6.07, 6.45) is -3.34. The third kappa shape index (κ3) is 2.72. The first-order valence-corrected chi connectivity index (χ1v) is 4.08. The number of carbonyl (C=O) groups is 1. The summed E-state index contributed by atoms with van der Waals surface area (Å²) in [5, 5.41) is 2.22. The van der Waals surface area contributed by atoms with Crippen molar-refractivity contribution >= 4 is 5.91 Å². The fourth-order valence-corrected chi connectivity index (χ4v) is 0.973. The van der Waals surface area contributed by atoms with Gasteiger partial charge in [0.1, 0.15) is 18.1 Å². The summed E-state index contributed by atoms with van der Waals surface area (Å²) in [5.41, 5.74) is 3.48. The SMILES string of the molecule is NCCNC(=O)c1cocc1C(F)(F)F. The topological polar surface area (TPSA) is 68.3 Å². The van der Waals surface area contributed by atoms with Gasteiger partial charge in [0.05, 0.1) is 5.56 Å². The number of hydrogen-bond acceptors (Lipinski definition) is 3. The first-order valence-electron chi connectivity index (χ1n) is 4.08. The van der Waals surface area contributed by atoms with E-state index in [0.29, 0.717) is 6.26 Å². The van der Waals surface area contributed by atoms with Gasteiger partial charge in [0, 0.05) is 13.1 Å². The maximum Gasteiger partial charge on any atom is 0.420 e. The van der Waals surface area contributed by atoms with Crippen molar-refractivity contribution in [1.29, 1.82) is 0 Å². The third-order valence-electron chi connectivity index (χ3n) is 1.64. The van der Waals surface area contributed by atoms with Gasteiger partial charge in [-0.1, -0.05) is 0 Å². The summed E-state index contributed by atoms with van der Waals surface area (Å²) < 4.78 is 41.3. The van der Waals surface area contributed by atoms with Gasteiger partial charge in [0.15, 0.2) is 0 Å². The minimum atomic E-state index is -4.59. The predicted molar refractivity (Wildman–Crippen MR) is 45.1 cm³/mol. The van der Waals surface area contributed by atoms with Crippen LogP contribution in [0.4, 0.5) is 13.2 Å². The molecule has 0 aromatic carbocycles. The number of rotatable bonds is 3. The summed E-state index contributed by atoms with van der Waals surface area (Å²) in [5.74, 6) is -0.846. The lowest BCUT2D eigenvalue weighted by molar-refractivity contribution is -0.138. The molecule has 4 nitrogen and oxygen atoms in total. The van der Waals surface area contributed by atoms with Crippen molar-refractivity contribution in [3.8, 4) is 0 Å². The van der Waals surface area contributed by atoms with Crippen molar-refractivity contribution in [2.45, 2.75) is 6.18 Å². The molecule has 0 saturated heterocycles. The highest BCUT2D eigenvalue weighted by Gasteiger charge is 2.37. The molecule has 1 aromatic heterocycles. The van der Waals surface area contributed by atoms with Crippen LogP contribution >= 0.6 is 0 Å². The maximum absolute atomic E-state index is 12.3. The number of furan rings is 1. The smallest absolute Gasteiger partial charge is 0.420 e. The molecular weight excluding hydrogens is 213 g/mol. The summed E-state index contributed by atoms with van der Waals surface area (Å²) >= 11 is 0. The van der Waals surface area contributed by atoms with E-state index in [9.17, 15) is 18.0 Å². The molecule has 0 aliphatic rings. The van der Waals surface area contributed by atoms with Crippen LogP contribution in [0.3, 0.4) is 0 Å². The molecule has 1 rings (SSSR count). The molecule has 7 heteroatoms. The van der Waals surface area contributed by atoms with Gasteiger partial charge in [-0.05, 0) is 0 Å². The van der Waals surface area contributed by atoms with Crippen molar-refractivity contribution in [3.63, 3.8) is 0 Å². The lowest BCUT2D eigenvalue weighted by atomic mass is 10.2. The minimum Gasteiger partial charge on any atom is -0.471 e. The van der Waals surface area contributed by atoms with Crippen molar-refractivity contribution in [2.75, 3.05) is 13.1 Å². The third-order valence-corrected chi connectivity index (χ3v) is 1.64. The summed E-state index contributed by atoms with van der Waals surface area (Å²) in [6.45, 7) is 0.270. The molecule has 0 fully saturated rings. The minimum absolute atomic E-state index is 0.112. The first-order chi connectivity index (χ1) is 6.96. The van der Waals surface area contributed by atoms with Crippen LogP contribution < -0.4 is 11.1 Å². The largest absolute Gasteiger partial charge is 0.471 e.